The predicted molar refractivity (Wildman–Crippen MR) is 118 cm³/mol. The summed E-state index contributed by atoms with van der Waals surface area (Å²) in [5.74, 6) is 1.61. The first-order valence-corrected chi connectivity index (χ1v) is 13.0. The molecule has 160 valence electrons. The van der Waals surface area contributed by atoms with Crippen molar-refractivity contribution < 1.29 is 12.5 Å². The van der Waals surface area contributed by atoms with Crippen molar-refractivity contribution in [3.63, 3.8) is 0 Å². The number of hydrogen-bond donors (Lipinski definition) is 0. The van der Waals surface area contributed by atoms with Crippen molar-refractivity contribution in [2.45, 2.75) is 112 Å². The molecule has 0 aromatic heterocycles. The standard InChI is InChI=1S/C22H48O3S/c1-6-11-13-14-15-16-17-18-20-22(19-12-7-2)21-26(23-8-3,24-9-4)25-10-5/h22H,6-21H2,1-5H3. The molecule has 0 bridgehead atoms. The van der Waals surface area contributed by atoms with E-state index in [1.165, 1.54) is 77.0 Å². The van der Waals surface area contributed by atoms with E-state index in [-0.39, 0.29) is 0 Å². The average molecular weight is 393 g/mol. The molecule has 0 saturated heterocycles. The van der Waals surface area contributed by atoms with Crippen molar-refractivity contribution >= 4 is 10.9 Å². The van der Waals surface area contributed by atoms with Gasteiger partial charge in [0.2, 0.25) is 0 Å². The second kappa shape index (κ2) is 18.6. The van der Waals surface area contributed by atoms with E-state index in [9.17, 15) is 0 Å². The quantitative estimate of drug-likeness (QED) is 0.196. The van der Waals surface area contributed by atoms with Crippen LogP contribution in [0.15, 0.2) is 0 Å². The molecule has 0 aliphatic heterocycles. The third kappa shape index (κ3) is 13.4. The molecule has 0 aliphatic carbocycles. The summed E-state index contributed by atoms with van der Waals surface area (Å²) in [6, 6.07) is 0. The molecule has 4 heteroatoms. The molecule has 0 heterocycles. The summed E-state index contributed by atoms with van der Waals surface area (Å²) in [5, 5.41) is 0. The van der Waals surface area contributed by atoms with Crippen molar-refractivity contribution in [2.75, 3.05) is 25.6 Å². The first-order chi connectivity index (χ1) is 12.7. The van der Waals surface area contributed by atoms with Crippen LogP contribution in [0.1, 0.15) is 112 Å². The van der Waals surface area contributed by atoms with E-state index in [0.29, 0.717) is 25.7 Å². The Bertz CT molecular complexity index is 270. The Kier molecular flexibility index (Phi) is 18.8. The van der Waals surface area contributed by atoms with E-state index in [2.05, 4.69) is 13.8 Å². The minimum absolute atomic E-state index is 0.660. The highest BCUT2D eigenvalue weighted by atomic mass is 32.3. The maximum absolute atomic E-state index is 6.04. The molecule has 1 atom stereocenters. The Morgan fingerprint density at radius 1 is 0.538 bits per heavy atom. The van der Waals surface area contributed by atoms with Crippen molar-refractivity contribution in [1.29, 1.82) is 0 Å². The maximum Gasteiger partial charge on any atom is 0.0890 e. The van der Waals surface area contributed by atoms with Gasteiger partial charge in [-0.05, 0) is 39.5 Å². The van der Waals surface area contributed by atoms with Crippen molar-refractivity contribution in [3.05, 3.63) is 0 Å². The minimum atomic E-state index is -1.83. The van der Waals surface area contributed by atoms with E-state index >= 15 is 0 Å². The summed E-state index contributed by atoms with van der Waals surface area (Å²) >= 11 is 0. The molecule has 0 radical (unpaired) electrons. The largest absolute Gasteiger partial charge is 0.293 e. The monoisotopic (exact) mass is 392 g/mol. The fourth-order valence-electron chi connectivity index (χ4n) is 3.44. The molecule has 0 aliphatic rings. The molecule has 3 nitrogen and oxygen atoms in total. The molecule has 0 fully saturated rings. The van der Waals surface area contributed by atoms with E-state index < -0.39 is 10.9 Å². The second-order valence-corrected chi connectivity index (χ2v) is 9.37. The van der Waals surface area contributed by atoms with Crippen LogP contribution in [0.2, 0.25) is 0 Å². The Balaban J connectivity index is 4.40. The van der Waals surface area contributed by atoms with E-state index in [1.807, 2.05) is 20.8 Å². The molecule has 0 spiro atoms. The van der Waals surface area contributed by atoms with Gasteiger partial charge in [-0.2, -0.15) is 0 Å². The molecule has 0 rings (SSSR count). The lowest BCUT2D eigenvalue weighted by atomic mass is 9.96. The van der Waals surface area contributed by atoms with Crippen LogP contribution in [-0.2, 0) is 12.5 Å². The fraction of sp³-hybridized carbons (Fsp3) is 1.00. The van der Waals surface area contributed by atoms with E-state index in [0.717, 1.165) is 5.75 Å². The van der Waals surface area contributed by atoms with Gasteiger partial charge >= 0.3 is 0 Å². The summed E-state index contributed by atoms with van der Waals surface area (Å²) in [6.45, 7) is 12.7. The van der Waals surface area contributed by atoms with Crippen LogP contribution in [0, 0.1) is 5.92 Å². The summed E-state index contributed by atoms with van der Waals surface area (Å²) in [6.07, 6.45) is 16.2. The Hall–Kier alpha value is 0.230. The van der Waals surface area contributed by atoms with Gasteiger partial charge in [0.05, 0.1) is 30.7 Å². The molecule has 0 N–H and O–H groups in total. The van der Waals surface area contributed by atoms with Gasteiger partial charge in [-0.25, -0.2) is 0 Å². The molecule has 0 aromatic carbocycles. The van der Waals surface area contributed by atoms with E-state index in [4.69, 9.17) is 12.5 Å². The average Bonchev–Trinajstić information content (AvgIpc) is 2.62. The van der Waals surface area contributed by atoms with Crippen molar-refractivity contribution in [3.8, 4) is 0 Å². The lowest BCUT2D eigenvalue weighted by Gasteiger charge is -2.39. The molecular weight excluding hydrogens is 344 g/mol. The summed E-state index contributed by atoms with van der Waals surface area (Å²) < 4.78 is 18.1. The summed E-state index contributed by atoms with van der Waals surface area (Å²) in [4.78, 5) is 0. The Morgan fingerprint density at radius 2 is 0.962 bits per heavy atom. The molecular formula is C22H48O3S. The second-order valence-electron chi connectivity index (χ2n) is 7.22. The normalized spacial score (nSPS) is 13.9. The van der Waals surface area contributed by atoms with Crippen LogP contribution >= 0.6 is 10.9 Å². The minimum Gasteiger partial charge on any atom is -0.293 e. The van der Waals surface area contributed by atoms with Gasteiger partial charge in [0, 0.05) is 5.75 Å². The Morgan fingerprint density at radius 3 is 1.42 bits per heavy atom. The van der Waals surface area contributed by atoms with Crippen LogP contribution < -0.4 is 0 Å². The van der Waals surface area contributed by atoms with Gasteiger partial charge in [-0.15, -0.1) is 0 Å². The van der Waals surface area contributed by atoms with Gasteiger partial charge in [-0.1, -0.05) is 78.1 Å². The molecule has 0 amide bonds. The summed E-state index contributed by atoms with van der Waals surface area (Å²) in [5.41, 5.74) is 0. The maximum atomic E-state index is 6.04. The van der Waals surface area contributed by atoms with Gasteiger partial charge in [0.1, 0.15) is 0 Å². The SMILES string of the molecule is CCCCCCCCCCC(CCCC)CS(OCC)(OCC)OCC. The molecule has 0 saturated carbocycles. The van der Waals surface area contributed by atoms with Gasteiger partial charge in [-0.3, -0.25) is 12.5 Å². The fourth-order valence-corrected chi connectivity index (χ4v) is 5.93. The van der Waals surface area contributed by atoms with Gasteiger partial charge in [0.15, 0.2) is 0 Å². The topological polar surface area (TPSA) is 27.7 Å². The van der Waals surface area contributed by atoms with Crippen molar-refractivity contribution in [2.24, 2.45) is 5.92 Å². The van der Waals surface area contributed by atoms with Crippen molar-refractivity contribution in [1.82, 2.24) is 0 Å². The zero-order valence-electron chi connectivity index (χ0n) is 18.5. The van der Waals surface area contributed by atoms with Crippen LogP contribution in [0.25, 0.3) is 0 Å². The van der Waals surface area contributed by atoms with Gasteiger partial charge < -0.3 is 0 Å². The lowest BCUT2D eigenvalue weighted by molar-refractivity contribution is 0.180. The van der Waals surface area contributed by atoms with Crippen LogP contribution in [0.5, 0.6) is 0 Å². The Labute approximate surface area is 166 Å². The highest BCUT2D eigenvalue weighted by Gasteiger charge is 2.30. The zero-order chi connectivity index (χ0) is 19.5. The lowest BCUT2D eigenvalue weighted by Crippen LogP contribution is -2.22. The van der Waals surface area contributed by atoms with Crippen LogP contribution in [-0.4, -0.2) is 25.6 Å². The number of unbranched alkanes of at least 4 members (excludes halogenated alkanes) is 8. The highest BCUT2D eigenvalue weighted by molar-refractivity contribution is 8.21. The number of rotatable bonds is 20. The predicted octanol–water partition coefficient (Wildman–Crippen LogP) is 7.98. The molecule has 1 unspecified atom stereocenters. The first kappa shape index (κ1) is 26.2. The molecule has 0 aromatic rings. The first-order valence-electron chi connectivity index (χ1n) is 11.4. The third-order valence-corrected chi connectivity index (χ3v) is 7.43. The van der Waals surface area contributed by atoms with Crippen LogP contribution in [0.4, 0.5) is 0 Å². The molecule has 26 heavy (non-hydrogen) atoms. The van der Waals surface area contributed by atoms with Gasteiger partial charge in [0.25, 0.3) is 0 Å². The highest BCUT2D eigenvalue weighted by Crippen LogP contribution is 2.53. The zero-order valence-corrected chi connectivity index (χ0v) is 19.3. The number of hydrogen-bond acceptors (Lipinski definition) is 3. The smallest absolute Gasteiger partial charge is 0.0890 e. The van der Waals surface area contributed by atoms with E-state index in [1.54, 1.807) is 0 Å². The summed E-state index contributed by atoms with van der Waals surface area (Å²) in [7, 11) is -1.83. The third-order valence-electron chi connectivity index (χ3n) is 4.76. The van der Waals surface area contributed by atoms with Crippen LogP contribution in [0.3, 0.4) is 0 Å².